The van der Waals surface area contributed by atoms with Gasteiger partial charge in [-0.1, -0.05) is 20.8 Å². The summed E-state index contributed by atoms with van der Waals surface area (Å²) in [5.74, 6) is 0.324. The molecule has 0 aromatic rings. The number of morpholine rings is 1. The molecular formula is C16H30N2O4. The molecule has 1 N–H and O–H groups in total. The number of likely N-dealkylation sites (N-methyl/N-ethyl adjacent to an activating group) is 1. The van der Waals surface area contributed by atoms with Crippen LogP contribution in [0.2, 0.25) is 0 Å². The minimum atomic E-state index is -0.853. The molecule has 6 nitrogen and oxygen atoms in total. The van der Waals surface area contributed by atoms with Gasteiger partial charge in [-0.2, -0.15) is 0 Å². The lowest BCUT2D eigenvalue weighted by Crippen LogP contribution is -2.49. The van der Waals surface area contributed by atoms with E-state index in [1.807, 2.05) is 4.90 Å². The molecule has 0 spiro atoms. The Balaban J connectivity index is 2.41. The van der Waals surface area contributed by atoms with Crippen LogP contribution >= 0.6 is 0 Å². The average Bonchev–Trinajstić information content (AvgIpc) is 2.36. The van der Waals surface area contributed by atoms with E-state index in [9.17, 15) is 9.59 Å². The third-order valence-corrected chi connectivity index (χ3v) is 3.81. The molecule has 2 atom stereocenters. The van der Waals surface area contributed by atoms with Gasteiger partial charge in [-0.3, -0.25) is 14.5 Å². The number of ether oxygens (including phenoxy) is 1. The van der Waals surface area contributed by atoms with Crippen LogP contribution in [0.25, 0.3) is 0 Å². The molecule has 22 heavy (non-hydrogen) atoms. The molecule has 1 heterocycles. The SMILES string of the molecule is CC(C)C[C@H](C)CC(=O)N1CCO[C@@H](CN(C)CC(=O)O)C1. The number of carbonyl (C=O) groups is 2. The second-order valence-corrected chi connectivity index (χ2v) is 6.86. The highest BCUT2D eigenvalue weighted by Crippen LogP contribution is 2.17. The first-order valence-electron chi connectivity index (χ1n) is 8.07. The van der Waals surface area contributed by atoms with Crippen LogP contribution in [0.3, 0.4) is 0 Å². The first-order chi connectivity index (χ1) is 10.3. The van der Waals surface area contributed by atoms with Gasteiger partial charge >= 0.3 is 5.97 Å². The van der Waals surface area contributed by atoms with E-state index in [0.717, 1.165) is 6.42 Å². The molecule has 1 fully saturated rings. The Morgan fingerprint density at radius 1 is 1.36 bits per heavy atom. The predicted molar refractivity (Wildman–Crippen MR) is 84.7 cm³/mol. The molecule has 128 valence electrons. The summed E-state index contributed by atoms with van der Waals surface area (Å²) < 4.78 is 5.65. The smallest absolute Gasteiger partial charge is 0.317 e. The second-order valence-electron chi connectivity index (χ2n) is 6.86. The van der Waals surface area contributed by atoms with Crippen LogP contribution in [0.4, 0.5) is 0 Å². The number of amides is 1. The number of hydrogen-bond acceptors (Lipinski definition) is 4. The Labute approximate surface area is 133 Å². The number of aliphatic carboxylic acids is 1. The molecule has 1 saturated heterocycles. The quantitative estimate of drug-likeness (QED) is 0.731. The first-order valence-corrected chi connectivity index (χ1v) is 8.07. The molecule has 1 aliphatic heterocycles. The number of rotatable bonds is 8. The lowest BCUT2D eigenvalue weighted by Gasteiger charge is -2.35. The summed E-state index contributed by atoms with van der Waals surface area (Å²) in [6, 6.07) is 0. The topological polar surface area (TPSA) is 70.1 Å². The Hall–Kier alpha value is -1.14. The van der Waals surface area contributed by atoms with Crippen LogP contribution in [0, 0.1) is 11.8 Å². The second kappa shape index (κ2) is 9.10. The van der Waals surface area contributed by atoms with Crippen molar-refractivity contribution in [2.75, 3.05) is 39.8 Å². The van der Waals surface area contributed by atoms with Gasteiger partial charge in [0.15, 0.2) is 0 Å². The molecule has 1 amide bonds. The number of carboxylic acid groups (broad SMARTS) is 1. The fraction of sp³-hybridized carbons (Fsp3) is 0.875. The zero-order valence-corrected chi connectivity index (χ0v) is 14.2. The molecule has 0 radical (unpaired) electrons. The van der Waals surface area contributed by atoms with E-state index < -0.39 is 5.97 Å². The van der Waals surface area contributed by atoms with E-state index in [1.54, 1.807) is 11.9 Å². The van der Waals surface area contributed by atoms with Crippen LogP contribution in [-0.4, -0.2) is 72.7 Å². The van der Waals surface area contributed by atoms with Crippen molar-refractivity contribution >= 4 is 11.9 Å². The maximum atomic E-state index is 12.4. The van der Waals surface area contributed by atoms with E-state index in [-0.39, 0.29) is 18.6 Å². The molecule has 6 heteroatoms. The average molecular weight is 314 g/mol. The summed E-state index contributed by atoms with van der Waals surface area (Å²) >= 11 is 0. The highest BCUT2D eigenvalue weighted by molar-refractivity contribution is 5.76. The molecule has 0 unspecified atom stereocenters. The highest BCUT2D eigenvalue weighted by atomic mass is 16.5. The van der Waals surface area contributed by atoms with E-state index >= 15 is 0 Å². The first kappa shape index (κ1) is 18.9. The monoisotopic (exact) mass is 314 g/mol. The van der Waals surface area contributed by atoms with Gasteiger partial charge in [-0.15, -0.1) is 0 Å². The summed E-state index contributed by atoms with van der Waals surface area (Å²) in [5, 5.41) is 8.78. The molecular weight excluding hydrogens is 284 g/mol. The van der Waals surface area contributed by atoms with Gasteiger partial charge in [-0.05, 0) is 25.3 Å². The zero-order valence-electron chi connectivity index (χ0n) is 14.2. The minimum Gasteiger partial charge on any atom is -0.480 e. The largest absolute Gasteiger partial charge is 0.480 e. The lowest BCUT2D eigenvalue weighted by molar-refractivity contribution is -0.143. The van der Waals surface area contributed by atoms with Crippen molar-refractivity contribution in [2.24, 2.45) is 11.8 Å². The molecule has 0 aliphatic carbocycles. The van der Waals surface area contributed by atoms with E-state index in [2.05, 4.69) is 20.8 Å². The van der Waals surface area contributed by atoms with E-state index in [1.165, 1.54) is 0 Å². The standard InChI is InChI=1S/C16H30N2O4/c1-12(2)7-13(3)8-15(19)18-5-6-22-14(10-18)9-17(4)11-16(20)21/h12-14H,5-11H2,1-4H3,(H,20,21)/t13-,14-/m0/s1. The number of carbonyl (C=O) groups excluding carboxylic acids is 1. The molecule has 1 aliphatic rings. The Bertz CT molecular complexity index is 373. The van der Waals surface area contributed by atoms with Gasteiger partial charge < -0.3 is 14.7 Å². The van der Waals surface area contributed by atoms with E-state index in [0.29, 0.717) is 44.5 Å². The molecule has 0 aromatic heterocycles. The maximum Gasteiger partial charge on any atom is 0.317 e. The van der Waals surface area contributed by atoms with Crippen molar-refractivity contribution in [3.8, 4) is 0 Å². The Kier molecular flexibility index (Phi) is 7.82. The van der Waals surface area contributed by atoms with Crippen LogP contribution in [0.5, 0.6) is 0 Å². The third kappa shape index (κ3) is 7.22. The number of carboxylic acids is 1. The summed E-state index contributed by atoms with van der Waals surface area (Å²) in [7, 11) is 1.75. The van der Waals surface area contributed by atoms with E-state index in [4.69, 9.17) is 9.84 Å². The fourth-order valence-electron chi connectivity index (χ4n) is 3.01. The summed E-state index contributed by atoms with van der Waals surface area (Å²) in [4.78, 5) is 26.6. The van der Waals surface area contributed by atoms with Gasteiger partial charge in [0.25, 0.3) is 0 Å². The normalized spacial score (nSPS) is 20.5. The summed E-state index contributed by atoms with van der Waals surface area (Å²) in [5.41, 5.74) is 0. The van der Waals surface area contributed by atoms with Crippen molar-refractivity contribution in [3.63, 3.8) is 0 Å². The zero-order chi connectivity index (χ0) is 16.7. The van der Waals surface area contributed by atoms with Crippen LogP contribution in [0.15, 0.2) is 0 Å². The molecule has 1 rings (SSSR count). The minimum absolute atomic E-state index is 0.0147. The van der Waals surface area contributed by atoms with Gasteiger partial charge in [0, 0.05) is 26.1 Å². The van der Waals surface area contributed by atoms with Gasteiger partial charge in [0.05, 0.1) is 19.3 Å². The lowest BCUT2D eigenvalue weighted by atomic mass is 9.95. The maximum absolute atomic E-state index is 12.4. The number of hydrogen-bond donors (Lipinski definition) is 1. The third-order valence-electron chi connectivity index (χ3n) is 3.81. The Morgan fingerprint density at radius 3 is 2.64 bits per heavy atom. The summed E-state index contributed by atoms with van der Waals surface area (Å²) in [6.07, 6.45) is 1.53. The molecule has 0 saturated carbocycles. The summed E-state index contributed by atoms with van der Waals surface area (Å²) in [6.45, 7) is 8.68. The van der Waals surface area contributed by atoms with Crippen LogP contribution in [0.1, 0.15) is 33.6 Å². The fourth-order valence-corrected chi connectivity index (χ4v) is 3.01. The van der Waals surface area contributed by atoms with Crippen LogP contribution in [-0.2, 0) is 14.3 Å². The van der Waals surface area contributed by atoms with Crippen molar-refractivity contribution in [1.82, 2.24) is 9.80 Å². The van der Waals surface area contributed by atoms with Crippen molar-refractivity contribution < 1.29 is 19.4 Å². The van der Waals surface area contributed by atoms with Gasteiger partial charge in [0.2, 0.25) is 5.91 Å². The van der Waals surface area contributed by atoms with Gasteiger partial charge in [-0.25, -0.2) is 0 Å². The molecule has 0 bridgehead atoms. The van der Waals surface area contributed by atoms with Crippen molar-refractivity contribution in [1.29, 1.82) is 0 Å². The Morgan fingerprint density at radius 2 is 2.05 bits per heavy atom. The van der Waals surface area contributed by atoms with Crippen LogP contribution < -0.4 is 0 Å². The predicted octanol–water partition coefficient (Wildman–Crippen LogP) is 1.30. The number of nitrogens with zero attached hydrogens (tertiary/aromatic N) is 2. The van der Waals surface area contributed by atoms with Gasteiger partial charge in [0.1, 0.15) is 0 Å². The highest BCUT2D eigenvalue weighted by Gasteiger charge is 2.26. The van der Waals surface area contributed by atoms with Crippen molar-refractivity contribution in [2.45, 2.75) is 39.7 Å². The molecule has 0 aromatic carbocycles. The van der Waals surface area contributed by atoms with Crippen molar-refractivity contribution in [3.05, 3.63) is 0 Å².